The van der Waals surface area contributed by atoms with Crippen molar-refractivity contribution in [2.24, 2.45) is 40.9 Å². The molecule has 3 saturated heterocycles. The summed E-state index contributed by atoms with van der Waals surface area (Å²) in [4.78, 5) is 2.30. The van der Waals surface area contributed by atoms with Crippen molar-refractivity contribution in [3.63, 3.8) is 0 Å². The van der Waals surface area contributed by atoms with Crippen molar-refractivity contribution in [3.05, 3.63) is 0 Å². The summed E-state index contributed by atoms with van der Waals surface area (Å²) >= 11 is 0. The molecule has 9 heteroatoms. The predicted molar refractivity (Wildman–Crippen MR) is 126 cm³/mol. The van der Waals surface area contributed by atoms with Gasteiger partial charge in [0.05, 0.1) is 23.4 Å². The Labute approximate surface area is 212 Å². The average Bonchev–Trinajstić information content (AvgIpc) is 3.08. The fourth-order valence-corrected chi connectivity index (χ4v) is 11.4. The fraction of sp³-hybridized carbons (Fsp3) is 1.00. The Balaban J connectivity index is 1.37. The molecule has 9 nitrogen and oxygen atoms in total. The first-order valence-corrected chi connectivity index (χ1v) is 14.1. The standard InChI is InChI=1S/C27H43NO8/c1-12-4-5-17-24(3,33)19-13(11-28(17)10-12)14-9-25-21(26(14,34)22(32)20(19)31)15(29)8-16-23(25,2)7-6-18(30)27(16,35)36-25/h12-22,29-35H,4-11H2,1-3H3/t12-,13?,14?,15?,16?,17-,18-,19?,20+,21?,22-,23-,24?,25+,26-,27-/m0/s1. The smallest absolute Gasteiger partial charge is 0.196 e. The van der Waals surface area contributed by atoms with Crippen LogP contribution in [0.4, 0.5) is 0 Å². The van der Waals surface area contributed by atoms with Gasteiger partial charge in [0.25, 0.3) is 0 Å². The maximum absolute atomic E-state index is 12.5. The van der Waals surface area contributed by atoms with E-state index in [1.807, 2.05) is 6.92 Å². The zero-order valence-corrected chi connectivity index (χ0v) is 21.5. The van der Waals surface area contributed by atoms with Gasteiger partial charge in [-0.15, -0.1) is 0 Å². The Morgan fingerprint density at radius 2 is 1.67 bits per heavy atom. The SMILES string of the molecule is C[C@H]1CC[C@@H]2N(CC3C([C@@H](O)[C@H](O)[C@]4(O)C3C[C@@]35O[C@@]6(O)C(CC(O)C43)[C@]5(C)CC[C@@H]6O)C2(C)O)C1. The molecule has 0 aromatic carbocycles. The van der Waals surface area contributed by atoms with Gasteiger partial charge < -0.3 is 40.5 Å². The zero-order chi connectivity index (χ0) is 25.8. The van der Waals surface area contributed by atoms with Crippen LogP contribution < -0.4 is 0 Å². The number of piperidine rings is 2. The molecule has 7 unspecified atom stereocenters. The summed E-state index contributed by atoms with van der Waals surface area (Å²) in [7, 11) is 0. The van der Waals surface area contributed by atoms with Crippen LogP contribution in [0.2, 0.25) is 0 Å². The Hall–Kier alpha value is -0.360. The lowest BCUT2D eigenvalue weighted by Gasteiger charge is -2.63. The molecule has 3 aliphatic heterocycles. The van der Waals surface area contributed by atoms with E-state index in [0.29, 0.717) is 31.7 Å². The van der Waals surface area contributed by atoms with Crippen molar-refractivity contribution < 1.29 is 40.5 Å². The average molecular weight is 510 g/mol. The van der Waals surface area contributed by atoms with Gasteiger partial charge in [-0.25, -0.2) is 0 Å². The highest BCUT2D eigenvalue weighted by atomic mass is 16.7. The monoisotopic (exact) mass is 509 g/mol. The van der Waals surface area contributed by atoms with Gasteiger partial charge in [-0.3, -0.25) is 4.90 Å². The lowest BCUT2D eigenvalue weighted by Crippen LogP contribution is -2.76. The van der Waals surface area contributed by atoms with E-state index in [4.69, 9.17) is 4.74 Å². The van der Waals surface area contributed by atoms with Crippen LogP contribution in [-0.2, 0) is 4.74 Å². The second kappa shape index (κ2) is 7.04. The molecular formula is C27H43NO8. The van der Waals surface area contributed by atoms with E-state index in [1.54, 1.807) is 6.92 Å². The molecule has 7 fully saturated rings. The molecule has 0 amide bonds. The number of aliphatic hydroxyl groups excluding tert-OH is 4. The molecule has 36 heavy (non-hydrogen) atoms. The second-order valence-electron chi connectivity index (χ2n) is 14.2. The minimum Gasteiger partial charge on any atom is -0.393 e. The highest BCUT2D eigenvalue weighted by Crippen LogP contribution is 2.76. The first-order valence-electron chi connectivity index (χ1n) is 14.1. The summed E-state index contributed by atoms with van der Waals surface area (Å²) in [5.41, 5.74) is -4.88. The van der Waals surface area contributed by atoms with Crippen LogP contribution in [0.5, 0.6) is 0 Å². The van der Waals surface area contributed by atoms with Crippen LogP contribution in [0.15, 0.2) is 0 Å². The summed E-state index contributed by atoms with van der Waals surface area (Å²) in [5.74, 6) is -4.29. The van der Waals surface area contributed by atoms with Crippen molar-refractivity contribution in [2.45, 2.75) is 112 Å². The molecule has 4 bridgehead atoms. The summed E-state index contributed by atoms with van der Waals surface area (Å²) in [6.07, 6.45) is -1.92. The summed E-state index contributed by atoms with van der Waals surface area (Å²) in [5, 5.41) is 81.4. The quantitative estimate of drug-likeness (QED) is 0.222. The van der Waals surface area contributed by atoms with Crippen molar-refractivity contribution in [1.29, 1.82) is 0 Å². The van der Waals surface area contributed by atoms with Crippen LogP contribution in [-0.4, -0.2) is 107 Å². The molecule has 16 atom stereocenters. The Kier molecular flexibility index (Phi) is 4.82. The third kappa shape index (κ3) is 2.46. The molecule has 4 aliphatic carbocycles. The Morgan fingerprint density at radius 1 is 0.944 bits per heavy atom. The molecular weight excluding hydrogens is 466 g/mol. The third-order valence-corrected chi connectivity index (χ3v) is 12.8. The van der Waals surface area contributed by atoms with E-state index in [2.05, 4.69) is 11.8 Å². The number of hydrogen-bond acceptors (Lipinski definition) is 9. The highest BCUT2D eigenvalue weighted by molar-refractivity contribution is 5.33. The van der Waals surface area contributed by atoms with Gasteiger partial charge in [-0.2, -0.15) is 0 Å². The number of fused-ring (bicyclic) bond motifs is 5. The van der Waals surface area contributed by atoms with Gasteiger partial charge in [-0.05, 0) is 63.2 Å². The number of nitrogens with zero attached hydrogens (tertiary/aromatic N) is 1. The van der Waals surface area contributed by atoms with Crippen molar-refractivity contribution >= 4 is 0 Å². The number of hydrogen-bond donors (Lipinski definition) is 7. The van der Waals surface area contributed by atoms with E-state index >= 15 is 0 Å². The van der Waals surface area contributed by atoms with Crippen LogP contribution in [0, 0.1) is 40.9 Å². The van der Waals surface area contributed by atoms with Gasteiger partial charge in [0, 0.05) is 42.3 Å². The van der Waals surface area contributed by atoms with Crippen LogP contribution in [0.25, 0.3) is 0 Å². The van der Waals surface area contributed by atoms with Crippen LogP contribution in [0.3, 0.4) is 0 Å². The largest absolute Gasteiger partial charge is 0.393 e. The summed E-state index contributed by atoms with van der Waals surface area (Å²) in [6.45, 7) is 7.40. The van der Waals surface area contributed by atoms with Crippen molar-refractivity contribution in [2.75, 3.05) is 13.1 Å². The van der Waals surface area contributed by atoms with Crippen molar-refractivity contribution in [1.82, 2.24) is 4.90 Å². The summed E-state index contributed by atoms with van der Waals surface area (Å²) < 4.78 is 6.51. The van der Waals surface area contributed by atoms with E-state index < -0.39 is 76.1 Å². The second-order valence-corrected chi connectivity index (χ2v) is 14.2. The number of ether oxygens (including phenoxy) is 1. The van der Waals surface area contributed by atoms with Gasteiger partial charge in [-0.1, -0.05) is 13.8 Å². The van der Waals surface area contributed by atoms with E-state index in [-0.39, 0.29) is 18.4 Å². The van der Waals surface area contributed by atoms with E-state index in [0.717, 1.165) is 19.4 Å². The molecule has 1 spiro atoms. The topological polar surface area (TPSA) is 154 Å². The lowest BCUT2D eigenvalue weighted by molar-refractivity contribution is -0.295. The van der Waals surface area contributed by atoms with Crippen LogP contribution in [0.1, 0.15) is 59.3 Å². The Morgan fingerprint density at radius 3 is 2.39 bits per heavy atom. The fourth-order valence-electron chi connectivity index (χ4n) is 11.4. The predicted octanol–water partition coefficient (Wildman–Crippen LogP) is -0.814. The van der Waals surface area contributed by atoms with E-state index in [1.165, 1.54) is 0 Å². The minimum absolute atomic E-state index is 0.130. The molecule has 7 N–H and O–H groups in total. The first kappa shape index (κ1) is 24.7. The molecule has 0 radical (unpaired) electrons. The van der Waals surface area contributed by atoms with E-state index in [9.17, 15) is 35.7 Å². The zero-order valence-electron chi connectivity index (χ0n) is 21.5. The molecule has 204 valence electrons. The van der Waals surface area contributed by atoms with Gasteiger partial charge in [0.15, 0.2) is 5.79 Å². The number of rotatable bonds is 0. The Bertz CT molecular complexity index is 964. The molecule has 4 saturated carbocycles. The molecule has 0 aromatic heterocycles. The maximum Gasteiger partial charge on any atom is 0.196 e. The number of aliphatic hydroxyl groups is 7. The van der Waals surface area contributed by atoms with Gasteiger partial charge in [0.2, 0.25) is 0 Å². The summed E-state index contributed by atoms with van der Waals surface area (Å²) in [6, 6.07) is -0.130. The third-order valence-electron chi connectivity index (χ3n) is 12.8. The van der Waals surface area contributed by atoms with Gasteiger partial charge >= 0.3 is 0 Å². The molecule has 0 aromatic rings. The molecule has 3 heterocycles. The molecule has 7 aliphatic rings. The van der Waals surface area contributed by atoms with Crippen LogP contribution >= 0.6 is 0 Å². The lowest BCUT2D eigenvalue weighted by atomic mass is 9.49. The highest BCUT2D eigenvalue weighted by Gasteiger charge is 2.86. The normalized spacial score (nSPS) is 68.0. The minimum atomic E-state index is -1.85. The maximum atomic E-state index is 12.5. The first-order chi connectivity index (χ1) is 16.7. The van der Waals surface area contributed by atoms with Crippen molar-refractivity contribution in [3.8, 4) is 0 Å². The molecule has 7 rings (SSSR count). The van der Waals surface area contributed by atoms with Gasteiger partial charge in [0.1, 0.15) is 17.8 Å².